The number of nitrogens with zero attached hydrogens (tertiary/aromatic N) is 4. The van der Waals surface area contributed by atoms with Crippen molar-refractivity contribution in [3.05, 3.63) is 65.6 Å². The Balaban J connectivity index is 1.35. The maximum Gasteiger partial charge on any atom is 0.298 e. The lowest BCUT2D eigenvalue weighted by Gasteiger charge is -2.36. The molecule has 1 aromatic carbocycles. The van der Waals surface area contributed by atoms with E-state index in [2.05, 4.69) is 14.9 Å². The Kier molecular flexibility index (Phi) is 3.53. The van der Waals surface area contributed by atoms with Crippen LogP contribution in [0.25, 0.3) is 11.1 Å². The van der Waals surface area contributed by atoms with Gasteiger partial charge in [-0.05, 0) is 24.3 Å². The minimum Gasteiger partial charge on any atom is -0.423 e. The number of aromatic nitrogens is 2. The summed E-state index contributed by atoms with van der Waals surface area (Å²) in [6, 6.07) is 11.5. The molecule has 0 spiro atoms. The average Bonchev–Trinajstić information content (AvgIpc) is 3.15. The molecule has 27 heavy (non-hydrogen) atoms. The highest BCUT2D eigenvalue weighted by molar-refractivity contribution is 6.23. The summed E-state index contributed by atoms with van der Waals surface area (Å²) in [6.07, 6.45) is 2.97. The number of ketones is 2. The van der Waals surface area contributed by atoms with E-state index in [9.17, 15) is 9.59 Å². The number of oxazole rings is 1. The van der Waals surface area contributed by atoms with Crippen molar-refractivity contribution in [1.82, 2.24) is 14.9 Å². The second-order valence-corrected chi connectivity index (χ2v) is 6.56. The van der Waals surface area contributed by atoms with Crippen molar-refractivity contribution in [3.63, 3.8) is 0 Å². The van der Waals surface area contributed by atoms with E-state index in [-0.39, 0.29) is 17.3 Å². The van der Waals surface area contributed by atoms with Crippen molar-refractivity contribution in [2.75, 3.05) is 31.1 Å². The number of benzene rings is 1. The monoisotopic (exact) mass is 360 g/mol. The lowest BCUT2D eigenvalue weighted by molar-refractivity contribution is 0.0943. The first kappa shape index (κ1) is 15.7. The van der Waals surface area contributed by atoms with Crippen molar-refractivity contribution in [3.8, 4) is 0 Å². The molecule has 0 saturated carbocycles. The lowest BCUT2D eigenvalue weighted by atomic mass is 9.96. The van der Waals surface area contributed by atoms with Crippen molar-refractivity contribution in [2.45, 2.75) is 0 Å². The van der Waals surface area contributed by atoms with Crippen LogP contribution in [0.4, 0.5) is 6.01 Å². The van der Waals surface area contributed by atoms with Crippen molar-refractivity contribution >= 4 is 28.7 Å². The number of rotatable bonds is 2. The summed E-state index contributed by atoms with van der Waals surface area (Å²) in [4.78, 5) is 37.7. The van der Waals surface area contributed by atoms with Crippen LogP contribution in [0.3, 0.4) is 0 Å². The quantitative estimate of drug-likeness (QED) is 0.694. The molecule has 2 aliphatic rings. The highest BCUT2D eigenvalue weighted by atomic mass is 16.4. The number of hydrogen-bond donors (Lipinski definition) is 0. The normalized spacial score (nSPS) is 17.3. The maximum absolute atomic E-state index is 12.8. The predicted octanol–water partition coefficient (Wildman–Crippen LogP) is 2.31. The zero-order valence-corrected chi connectivity index (χ0v) is 14.5. The number of allylic oxidation sites excluding steroid dienone is 2. The molecule has 7 heteroatoms. The van der Waals surface area contributed by atoms with E-state index >= 15 is 0 Å². The highest BCUT2D eigenvalue weighted by Crippen LogP contribution is 2.26. The van der Waals surface area contributed by atoms with Gasteiger partial charge in [0.2, 0.25) is 5.78 Å². The highest BCUT2D eigenvalue weighted by Gasteiger charge is 2.32. The second kappa shape index (κ2) is 6.05. The van der Waals surface area contributed by atoms with E-state index in [4.69, 9.17) is 4.42 Å². The van der Waals surface area contributed by atoms with E-state index < -0.39 is 0 Å². The summed E-state index contributed by atoms with van der Waals surface area (Å²) in [5, 5.41) is 0. The first-order valence-electron chi connectivity index (χ1n) is 8.82. The number of anilines is 1. The molecule has 0 N–H and O–H groups in total. The standard InChI is InChI=1S/C20H16N4O3/c25-16-12-15(19(26)18-13(16)4-3-7-21-18)23-8-10-24(11-9-23)20-22-14-5-1-2-6-17(14)27-20/h1-7,12H,8-11H2. The molecule has 3 aromatic rings. The largest absolute Gasteiger partial charge is 0.423 e. The Hall–Kier alpha value is -3.48. The van der Waals surface area contributed by atoms with Crippen LogP contribution in [0, 0.1) is 0 Å². The van der Waals surface area contributed by atoms with Gasteiger partial charge >= 0.3 is 0 Å². The molecule has 1 aliphatic heterocycles. The zero-order chi connectivity index (χ0) is 18.4. The summed E-state index contributed by atoms with van der Waals surface area (Å²) in [7, 11) is 0. The molecule has 2 aromatic heterocycles. The Labute approximate surface area is 154 Å². The SMILES string of the molecule is O=C1C=C(N2CCN(c3nc4ccccc4o3)CC2)C(=O)c2ncccc21. The Morgan fingerprint density at radius 3 is 2.52 bits per heavy atom. The summed E-state index contributed by atoms with van der Waals surface area (Å²) in [6.45, 7) is 2.51. The Bertz CT molecular complexity index is 1060. The van der Waals surface area contributed by atoms with Crippen molar-refractivity contribution in [1.29, 1.82) is 0 Å². The molecule has 0 amide bonds. The Morgan fingerprint density at radius 2 is 1.70 bits per heavy atom. The van der Waals surface area contributed by atoms with E-state index in [1.807, 2.05) is 29.2 Å². The average molecular weight is 360 g/mol. The first-order valence-corrected chi connectivity index (χ1v) is 8.82. The molecule has 5 rings (SSSR count). The van der Waals surface area contributed by atoms with Gasteiger partial charge in [-0.15, -0.1) is 0 Å². The van der Waals surface area contributed by atoms with Gasteiger partial charge in [-0.3, -0.25) is 14.6 Å². The van der Waals surface area contributed by atoms with E-state index in [1.165, 1.54) is 12.3 Å². The third kappa shape index (κ3) is 2.59. The molecular weight excluding hydrogens is 344 g/mol. The van der Waals surface area contributed by atoms with Gasteiger partial charge in [0.1, 0.15) is 11.2 Å². The molecular formula is C20H16N4O3. The minimum atomic E-state index is -0.194. The molecule has 1 fully saturated rings. The number of pyridine rings is 1. The van der Waals surface area contributed by atoms with Crippen LogP contribution in [0.1, 0.15) is 20.8 Å². The van der Waals surface area contributed by atoms with Gasteiger partial charge in [0.05, 0.1) is 11.3 Å². The molecule has 1 aliphatic carbocycles. The summed E-state index contributed by atoms with van der Waals surface area (Å²) in [5.41, 5.74) is 2.61. The predicted molar refractivity (Wildman–Crippen MR) is 98.8 cm³/mol. The summed E-state index contributed by atoms with van der Waals surface area (Å²) >= 11 is 0. The van der Waals surface area contributed by atoms with Gasteiger partial charge in [-0.1, -0.05) is 12.1 Å². The topological polar surface area (TPSA) is 79.5 Å². The number of hydrogen-bond acceptors (Lipinski definition) is 7. The van der Waals surface area contributed by atoms with Crippen LogP contribution < -0.4 is 4.90 Å². The molecule has 134 valence electrons. The van der Waals surface area contributed by atoms with Gasteiger partial charge in [0.15, 0.2) is 11.4 Å². The maximum atomic E-state index is 12.8. The van der Waals surface area contributed by atoms with Crippen LogP contribution in [0.15, 0.2) is 58.8 Å². The number of fused-ring (bicyclic) bond motifs is 2. The van der Waals surface area contributed by atoms with Crippen LogP contribution in [-0.4, -0.2) is 52.6 Å². The van der Waals surface area contributed by atoms with Crippen LogP contribution in [0.2, 0.25) is 0 Å². The molecule has 0 unspecified atom stereocenters. The Morgan fingerprint density at radius 1 is 0.926 bits per heavy atom. The zero-order valence-electron chi connectivity index (χ0n) is 14.5. The number of Topliss-reactive ketones (excluding diaryl/α,β-unsaturated/α-hetero) is 1. The lowest BCUT2D eigenvalue weighted by Crippen LogP contribution is -2.47. The first-order chi connectivity index (χ1) is 13.2. The molecule has 7 nitrogen and oxygen atoms in total. The molecule has 0 bridgehead atoms. The fourth-order valence-electron chi connectivity index (χ4n) is 3.54. The van der Waals surface area contributed by atoms with Crippen LogP contribution in [-0.2, 0) is 0 Å². The van der Waals surface area contributed by atoms with Gasteiger partial charge in [-0.2, -0.15) is 4.98 Å². The van der Waals surface area contributed by atoms with Gasteiger partial charge < -0.3 is 14.2 Å². The van der Waals surface area contributed by atoms with Crippen molar-refractivity contribution < 1.29 is 14.0 Å². The number of carbonyl (C=O) groups excluding carboxylic acids is 2. The van der Waals surface area contributed by atoms with E-state index in [1.54, 1.807) is 12.1 Å². The number of piperazine rings is 1. The van der Waals surface area contributed by atoms with Gasteiger partial charge in [-0.25, -0.2) is 0 Å². The third-order valence-electron chi connectivity index (χ3n) is 4.96. The fourth-order valence-corrected chi connectivity index (χ4v) is 3.54. The van der Waals surface area contributed by atoms with E-state index in [0.717, 1.165) is 11.1 Å². The third-order valence-corrected chi connectivity index (χ3v) is 4.96. The van der Waals surface area contributed by atoms with Gasteiger partial charge in [0.25, 0.3) is 6.01 Å². The second-order valence-electron chi connectivity index (χ2n) is 6.56. The number of para-hydroxylation sites is 2. The minimum absolute atomic E-state index is 0.172. The smallest absolute Gasteiger partial charge is 0.298 e. The summed E-state index contributed by atoms with van der Waals surface area (Å²) < 4.78 is 5.82. The van der Waals surface area contributed by atoms with Crippen LogP contribution in [0.5, 0.6) is 0 Å². The van der Waals surface area contributed by atoms with Crippen molar-refractivity contribution in [2.24, 2.45) is 0 Å². The van der Waals surface area contributed by atoms with Gasteiger partial charge in [0, 0.05) is 38.5 Å². The molecule has 0 atom stereocenters. The molecule has 0 radical (unpaired) electrons. The van der Waals surface area contributed by atoms with E-state index in [0.29, 0.717) is 43.5 Å². The van der Waals surface area contributed by atoms with Crippen LogP contribution >= 0.6 is 0 Å². The molecule has 3 heterocycles. The summed E-state index contributed by atoms with van der Waals surface area (Å²) in [5.74, 6) is -0.366. The molecule has 1 saturated heterocycles. The fraction of sp³-hybridized carbons (Fsp3) is 0.200. The number of carbonyl (C=O) groups is 2.